The molecular formula is C17H18BrNO2. The van der Waals surface area contributed by atoms with Gasteiger partial charge in [-0.15, -0.1) is 0 Å². The smallest absolute Gasteiger partial charge is 0.251 e. The van der Waals surface area contributed by atoms with Crippen molar-refractivity contribution in [1.29, 1.82) is 0 Å². The molecule has 21 heavy (non-hydrogen) atoms. The number of benzene rings is 2. The molecule has 4 heteroatoms. The van der Waals surface area contributed by atoms with Crippen LogP contribution >= 0.6 is 15.9 Å². The van der Waals surface area contributed by atoms with Crippen molar-refractivity contribution in [1.82, 2.24) is 5.32 Å². The van der Waals surface area contributed by atoms with Crippen LogP contribution in [0.4, 0.5) is 0 Å². The Morgan fingerprint density at radius 1 is 1.19 bits per heavy atom. The van der Waals surface area contributed by atoms with Gasteiger partial charge in [0.25, 0.3) is 5.91 Å². The minimum absolute atomic E-state index is 0.0254. The molecule has 1 atom stereocenters. The molecule has 0 radical (unpaired) electrons. The second-order valence-corrected chi connectivity index (χ2v) is 5.81. The molecule has 1 unspecified atom stereocenters. The average Bonchev–Trinajstić information content (AvgIpc) is 2.48. The van der Waals surface area contributed by atoms with Gasteiger partial charge in [0.15, 0.2) is 0 Å². The zero-order chi connectivity index (χ0) is 15.2. The minimum Gasteiger partial charge on any atom is -0.496 e. The van der Waals surface area contributed by atoms with Crippen LogP contribution in [0.3, 0.4) is 0 Å². The van der Waals surface area contributed by atoms with E-state index in [9.17, 15) is 4.79 Å². The average molecular weight is 348 g/mol. The van der Waals surface area contributed by atoms with E-state index in [4.69, 9.17) is 4.74 Å². The highest BCUT2D eigenvalue weighted by molar-refractivity contribution is 9.10. The summed E-state index contributed by atoms with van der Waals surface area (Å²) in [7, 11) is 1.66. The van der Waals surface area contributed by atoms with Gasteiger partial charge in [-0.3, -0.25) is 4.79 Å². The minimum atomic E-state index is -0.0649. The number of para-hydroxylation sites is 1. The predicted octanol–water partition coefficient (Wildman–Crippen LogP) is 3.82. The zero-order valence-corrected chi connectivity index (χ0v) is 13.7. The van der Waals surface area contributed by atoms with Gasteiger partial charge < -0.3 is 10.1 Å². The Labute approximate surface area is 133 Å². The lowest BCUT2D eigenvalue weighted by atomic mass is 10.1. The fourth-order valence-corrected chi connectivity index (χ4v) is 2.43. The summed E-state index contributed by atoms with van der Waals surface area (Å²) in [5.74, 6) is 0.784. The first-order valence-corrected chi connectivity index (χ1v) is 7.58. The fraction of sp³-hybridized carbons (Fsp3) is 0.235. The summed E-state index contributed by atoms with van der Waals surface area (Å²) in [4.78, 5) is 12.2. The monoisotopic (exact) mass is 347 g/mol. The van der Waals surface area contributed by atoms with Crippen LogP contribution in [0.2, 0.25) is 0 Å². The number of nitrogens with one attached hydrogen (secondary N) is 1. The van der Waals surface area contributed by atoms with E-state index < -0.39 is 0 Å². The molecule has 0 spiro atoms. The summed E-state index contributed by atoms with van der Waals surface area (Å²) in [6.07, 6.45) is 0.728. The molecule has 2 rings (SSSR count). The van der Waals surface area contributed by atoms with Crippen molar-refractivity contribution >= 4 is 21.8 Å². The number of hydrogen-bond donors (Lipinski definition) is 1. The number of methoxy groups -OCH3 is 1. The van der Waals surface area contributed by atoms with Crippen molar-refractivity contribution < 1.29 is 9.53 Å². The SMILES string of the molecule is COc1ccccc1CC(C)NC(=O)c1ccc(Br)cc1. The third kappa shape index (κ3) is 4.33. The molecule has 1 amide bonds. The van der Waals surface area contributed by atoms with Gasteiger partial charge in [-0.1, -0.05) is 34.1 Å². The molecule has 0 aliphatic heterocycles. The molecule has 1 N–H and O–H groups in total. The van der Waals surface area contributed by atoms with Gasteiger partial charge in [-0.25, -0.2) is 0 Å². The maximum absolute atomic E-state index is 12.2. The van der Waals surface area contributed by atoms with E-state index in [1.165, 1.54) is 0 Å². The molecule has 0 bridgehead atoms. The number of rotatable bonds is 5. The maximum Gasteiger partial charge on any atom is 0.251 e. The highest BCUT2D eigenvalue weighted by atomic mass is 79.9. The van der Waals surface area contributed by atoms with E-state index in [1.807, 2.05) is 43.3 Å². The Morgan fingerprint density at radius 2 is 1.86 bits per heavy atom. The highest BCUT2D eigenvalue weighted by Crippen LogP contribution is 2.19. The van der Waals surface area contributed by atoms with Gasteiger partial charge in [-0.05, 0) is 49.2 Å². The number of halogens is 1. The van der Waals surface area contributed by atoms with E-state index in [-0.39, 0.29) is 11.9 Å². The number of ether oxygens (including phenoxy) is 1. The lowest BCUT2D eigenvalue weighted by molar-refractivity contribution is 0.0940. The first kappa shape index (κ1) is 15.6. The highest BCUT2D eigenvalue weighted by Gasteiger charge is 2.12. The molecule has 3 nitrogen and oxygen atoms in total. The normalized spacial score (nSPS) is 11.8. The Hall–Kier alpha value is -1.81. The lowest BCUT2D eigenvalue weighted by Gasteiger charge is -2.16. The Kier molecular flexibility index (Phi) is 5.39. The number of amides is 1. The Morgan fingerprint density at radius 3 is 2.52 bits per heavy atom. The van der Waals surface area contributed by atoms with Gasteiger partial charge in [-0.2, -0.15) is 0 Å². The summed E-state index contributed by atoms with van der Waals surface area (Å²) < 4.78 is 6.29. The Bertz CT molecular complexity index is 610. The molecule has 0 fully saturated rings. The summed E-state index contributed by atoms with van der Waals surface area (Å²) in [6.45, 7) is 1.99. The second-order valence-electron chi connectivity index (χ2n) is 4.90. The van der Waals surface area contributed by atoms with Crippen LogP contribution in [0, 0.1) is 0 Å². The van der Waals surface area contributed by atoms with Crippen molar-refractivity contribution in [3.63, 3.8) is 0 Å². The summed E-state index contributed by atoms with van der Waals surface area (Å²) in [5.41, 5.74) is 1.74. The predicted molar refractivity (Wildman–Crippen MR) is 87.8 cm³/mol. The summed E-state index contributed by atoms with van der Waals surface area (Å²) in [5, 5.41) is 3.01. The van der Waals surface area contributed by atoms with E-state index in [2.05, 4.69) is 21.2 Å². The summed E-state index contributed by atoms with van der Waals surface area (Å²) in [6, 6.07) is 15.2. The fourth-order valence-electron chi connectivity index (χ4n) is 2.16. The molecule has 0 aliphatic rings. The standard InChI is InChI=1S/C17H18BrNO2/c1-12(11-14-5-3-4-6-16(14)21-2)19-17(20)13-7-9-15(18)10-8-13/h3-10,12H,11H2,1-2H3,(H,19,20). The van der Waals surface area contributed by atoms with Gasteiger partial charge in [0, 0.05) is 16.1 Å². The third-order valence-electron chi connectivity index (χ3n) is 3.20. The van der Waals surface area contributed by atoms with Crippen molar-refractivity contribution in [2.24, 2.45) is 0 Å². The molecule has 2 aromatic rings. The van der Waals surface area contributed by atoms with Gasteiger partial charge in [0.05, 0.1) is 7.11 Å². The molecule has 0 heterocycles. The number of hydrogen-bond acceptors (Lipinski definition) is 2. The van der Waals surface area contributed by atoms with Gasteiger partial charge >= 0.3 is 0 Å². The number of carbonyl (C=O) groups excluding carboxylic acids is 1. The summed E-state index contributed by atoms with van der Waals surface area (Å²) >= 11 is 3.36. The van der Waals surface area contributed by atoms with Gasteiger partial charge in [0.1, 0.15) is 5.75 Å². The maximum atomic E-state index is 12.2. The topological polar surface area (TPSA) is 38.3 Å². The Balaban J connectivity index is 1.99. The molecule has 0 aromatic heterocycles. The van der Waals surface area contributed by atoms with Crippen LogP contribution in [0.25, 0.3) is 0 Å². The van der Waals surface area contributed by atoms with Crippen molar-refractivity contribution in [3.05, 3.63) is 64.1 Å². The lowest BCUT2D eigenvalue weighted by Crippen LogP contribution is -2.34. The molecule has 110 valence electrons. The van der Waals surface area contributed by atoms with Crippen molar-refractivity contribution in [2.45, 2.75) is 19.4 Å². The number of carbonyl (C=O) groups is 1. The quantitative estimate of drug-likeness (QED) is 0.892. The van der Waals surface area contributed by atoms with Crippen LogP contribution < -0.4 is 10.1 Å². The van der Waals surface area contributed by atoms with Crippen molar-refractivity contribution in [2.75, 3.05) is 7.11 Å². The van der Waals surface area contributed by atoms with E-state index in [1.54, 1.807) is 19.2 Å². The van der Waals surface area contributed by atoms with Crippen LogP contribution in [0.1, 0.15) is 22.8 Å². The van der Waals surface area contributed by atoms with Crippen LogP contribution in [-0.2, 0) is 6.42 Å². The largest absolute Gasteiger partial charge is 0.496 e. The zero-order valence-electron chi connectivity index (χ0n) is 12.1. The molecule has 0 saturated carbocycles. The molecule has 0 aliphatic carbocycles. The van der Waals surface area contributed by atoms with E-state index in [0.29, 0.717) is 5.56 Å². The first-order valence-electron chi connectivity index (χ1n) is 6.78. The first-order chi connectivity index (χ1) is 10.1. The van der Waals surface area contributed by atoms with Crippen LogP contribution in [0.15, 0.2) is 53.0 Å². The second kappa shape index (κ2) is 7.27. The molecule has 0 saturated heterocycles. The van der Waals surface area contributed by atoms with Crippen LogP contribution in [-0.4, -0.2) is 19.1 Å². The molecular weight excluding hydrogens is 330 g/mol. The van der Waals surface area contributed by atoms with E-state index in [0.717, 1.165) is 22.2 Å². The van der Waals surface area contributed by atoms with Gasteiger partial charge in [0.2, 0.25) is 0 Å². The van der Waals surface area contributed by atoms with Crippen LogP contribution in [0.5, 0.6) is 5.75 Å². The van der Waals surface area contributed by atoms with Crippen molar-refractivity contribution in [3.8, 4) is 5.75 Å². The molecule has 2 aromatic carbocycles. The van der Waals surface area contributed by atoms with E-state index >= 15 is 0 Å². The third-order valence-corrected chi connectivity index (χ3v) is 3.73.